The van der Waals surface area contributed by atoms with Crippen molar-refractivity contribution in [3.63, 3.8) is 0 Å². The summed E-state index contributed by atoms with van der Waals surface area (Å²) < 4.78 is 0. The first-order valence-corrected chi connectivity index (χ1v) is 6.86. The van der Waals surface area contributed by atoms with Crippen LogP contribution in [0.3, 0.4) is 0 Å². The van der Waals surface area contributed by atoms with E-state index in [0.717, 1.165) is 12.2 Å². The Bertz CT molecular complexity index is 464. The molecular weight excluding hydrogens is 238 g/mol. The van der Waals surface area contributed by atoms with Crippen LogP contribution >= 0.6 is 0 Å². The molecule has 1 aromatic heterocycles. The molecule has 1 fully saturated rings. The Labute approximate surface area is 115 Å². The summed E-state index contributed by atoms with van der Waals surface area (Å²) in [6.07, 6.45) is 4.28. The van der Waals surface area contributed by atoms with E-state index in [1.807, 2.05) is 12.1 Å². The third kappa shape index (κ3) is 3.06. The Hall–Kier alpha value is -1.58. The minimum Gasteiger partial charge on any atom is -0.384 e. The number of hydrogen-bond donors (Lipinski definition) is 1. The Balaban J connectivity index is 2.02. The van der Waals surface area contributed by atoms with Crippen LogP contribution in [0.1, 0.15) is 37.2 Å². The molecule has 1 aliphatic carbocycles. The number of nitrogens with one attached hydrogen (secondary N) is 1. The summed E-state index contributed by atoms with van der Waals surface area (Å²) in [6.45, 7) is 5.54. The topological polar surface area (TPSA) is 45.2 Å². The van der Waals surface area contributed by atoms with E-state index in [9.17, 15) is 4.79 Å². The molecule has 4 nitrogen and oxygen atoms in total. The Morgan fingerprint density at radius 2 is 2.16 bits per heavy atom. The number of carbonyl (C=O) groups excluding carboxylic acids is 1. The summed E-state index contributed by atoms with van der Waals surface area (Å²) >= 11 is 0. The minimum absolute atomic E-state index is 0.0614. The average molecular weight is 261 g/mol. The number of aromatic nitrogens is 1. The van der Waals surface area contributed by atoms with Crippen molar-refractivity contribution in [2.75, 3.05) is 26.0 Å². The van der Waals surface area contributed by atoms with Gasteiger partial charge in [0.05, 0.1) is 0 Å². The number of carbonyl (C=O) groups is 1. The first-order valence-electron chi connectivity index (χ1n) is 6.86. The van der Waals surface area contributed by atoms with Gasteiger partial charge in [-0.25, -0.2) is 0 Å². The zero-order valence-electron chi connectivity index (χ0n) is 12.2. The zero-order valence-corrected chi connectivity index (χ0v) is 12.2. The number of anilines is 1. The fraction of sp³-hybridized carbons (Fsp3) is 0.600. The fourth-order valence-electron chi connectivity index (χ4n) is 2.28. The molecule has 0 unspecified atom stereocenters. The smallest absolute Gasteiger partial charge is 0.272 e. The average Bonchev–Trinajstić information content (AvgIpc) is 3.17. The molecule has 1 N–H and O–H groups in total. The monoisotopic (exact) mass is 261 g/mol. The number of nitrogens with zero attached hydrogens (tertiary/aromatic N) is 2. The van der Waals surface area contributed by atoms with Gasteiger partial charge in [-0.1, -0.05) is 13.8 Å². The summed E-state index contributed by atoms with van der Waals surface area (Å²) in [5, 5.41) is 3.45. The van der Waals surface area contributed by atoms with Crippen molar-refractivity contribution >= 4 is 11.6 Å². The number of pyridine rings is 1. The van der Waals surface area contributed by atoms with Crippen LogP contribution in [0, 0.1) is 11.3 Å². The first-order chi connectivity index (χ1) is 8.94. The summed E-state index contributed by atoms with van der Waals surface area (Å²) in [6, 6.07) is 3.75. The molecule has 0 aromatic carbocycles. The van der Waals surface area contributed by atoms with Gasteiger partial charge in [0, 0.05) is 32.5 Å². The SMILES string of the molecule is CC(C)C1(CNc2ccnc(C(=O)N(C)C)c2)CC1. The second-order valence-electron chi connectivity index (χ2n) is 6.00. The Morgan fingerprint density at radius 1 is 1.47 bits per heavy atom. The molecule has 0 radical (unpaired) electrons. The maximum absolute atomic E-state index is 11.9. The predicted molar refractivity (Wildman–Crippen MR) is 77.2 cm³/mol. The van der Waals surface area contributed by atoms with Crippen LogP contribution < -0.4 is 5.32 Å². The molecule has 19 heavy (non-hydrogen) atoms. The lowest BCUT2D eigenvalue weighted by atomic mass is 9.92. The van der Waals surface area contributed by atoms with E-state index in [4.69, 9.17) is 0 Å². The fourth-order valence-corrected chi connectivity index (χ4v) is 2.28. The van der Waals surface area contributed by atoms with Crippen molar-refractivity contribution in [3.05, 3.63) is 24.0 Å². The maximum Gasteiger partial charge on any atom is 0.272 e. The molecule has 0 aliphatic heterocycles. The van der Waals surface area contributed by atoms with E-state index in [1.165, 1.54) is 12.8 Å². The van der Waals surface area contributed by atoms with Gasteiger partial charge in [-0.05, 0) is 36.3 Å². The van der Waals surface area contributed by atoms with Crippen molar-refractivity contribution in [2.45, 2.75) is 26.7 Å². The zero-order chi connectivity index (χ0) is 14.0. The molecule has 1 amide bonds. The van der Waals surface area contributed by atoms with Crippen LogP contribution in [0.5, 0.6) is 0 Å². The van der Waals surface area contributed by atoms with Crippen LogP contribution in [-0.4, -0.2) is 36.4 Å². The Morgan fingerprint density at radius 3 is 2.68 bits per heavy atom. The van der Waals surface area contributed by atoms with Crippen molar-refractivity contribution in [1.82, 2.24) is 9.88 Å². The number of rotatable bonds is 5. The molecule has 104 valence electrons. The quantitative estimate of drug-likeness (QED) is 0.886. The van der Waals surface area contributed by atoms with Crippen molar-refractivity contribution < 1.29 is 4.79 Å². The molecule has 1 aliphatic rings. The van der Waals surface area contributed by atoms with E-state index in [-0.39, 0.29) is 5.91 Å². The van der Waals surface area contributed by atoms with Crippen molar-refractivity contribution in [3.8, 4) is 0 Å². The summed E-state index contributed by atoms with van der Waals surface area (Å²) in [5.41, 5.74) is 1.92. The summed E-state index contributed by atoms with van der Waals surface area (Å²) in [5.74, 6) is 0.637. The lowest BCUT2D eigenvalue weighted by molar-refractivity contribution is 0.0822. The van der Waals surface area contributed by atoms with Gasteiger partial charge in [-0.2, -0.15) is 0 Å². The summed E-state index contributed by atoms with van der Waals surface area (Å²) in [7, 11) is 3.48. The molecule has 0 saturated heterocycles. The molecule has 4 heteroatoms. The lowest BCUT2D eigenvalue weighted by Gasteiger charge is -2.21. The highest BCUT2D eigenvalue weighted by atomic mass is 16.2. The van der Waals surface area contributed by atoms with Crippen LogP contribution in [0.15, 0.2) is 18.3 Å². The largest absolute Gasteiger partial charge is 0.384 e. The van der Waals surface area contributed by atoms with Crippen molar-refractivity contribution in [2.24, 2.45) is 11.3 Å². The normalized spacial score (nSPS) is 16.3. The number of amides is 1. The molecule has 0 spiro atoms. The van der Waals surface area contributed by atoms with E-state index in [0.29, 0.717) is 17.0 Å². The van der Waals surface area contributed by atoms with E-state index >= 15 is 0 Å². The second-order valence-corrected chi connectivity index (χ2v) is 6.00. The molecule has 1 heterocycles. The van der Waals surface area contributed by atoms with Gasteiger partial charge < -0.3 is 10.2 Å². The van der Waals surface area contributed by atoms with Gasteiger partial charge in [0.2, 0.25) is 0 Å². The van der Waals surface area contributed by atoms with Gasteiger partial charge in [0.25, 0.3) is 5.91 Å². The molecule has 1 saturated carbocycles. The van der Waals surface area contributed by atoms with E-state index in [2.05, 4.69) is 24.1 Å². The highest BCUT2D eigenvalue weighted by Gasteiger charge is 2.44. The highest BCUT2D eigenvalue weighted by molar-refractivity contribution is 5.92. The van der Waals surface area contributed by atoms with E-state index in [1.54, 1.807) is 25.2 Å². The molecule has 2 rings (SSSR count). The second kappa shape index (κ2) is 5.19. The molecular formula is C15H23N3O. The van der Waals surface area contributed by atoms with Crippen LogP contribution in [-0.2, 0) is 0 Å². The van der Waals surface area contributed by atoms with Crippen molar-refractivity contribution in [1.29, 1.82) is 0 Å². The standard InChI is InChI=1S/C15H23N3O/c1-11(2)15(6-7-15)10-17-12-5-8-16-13(9-12)14(19)18(3)4/h5,8-9,11H,6-7,10H2,1-4H3,(H,16,17). The van der Waals surface area contributed by atoms with Crippen LogP contribution in [0.25, 0.3) is 0 Å². The first kappa shape index (κ1) is 13.8. The molecule has 1 aromatic rings. The third-order valence-corrected chi connectivity index (χ3v) is 4.15. The third-order valence-electron chi connectivity index (χ3n) is 4.15. The van der Waals surface area contributed by atoms with Gasteiger partial charge in [-0.3, -0.25) is 9.78 Å². The molecule has 0 atom stereocenters. The van der Waals surface area contributed by atoms with Gasteiger partial charge in [0.1, 0.15) is 5.69 Å². The minimum atomic E-state index is -0.0614. The Kier molecular flexibility index (Phi) is 3.78. The van der Waals surface area contributed by atoms with E-state index < -0.39 is 0 Å². The predicted octanol–water partition coefficient (Wildman–Crippen LogP) is 2.63. The molecule has 0 bridgehead atoms. The van der Waals surface area contributed by atoms with Gasteiger partial charge in [0.15, 0.2) is 0 Å². The van der Waals surface area contributed by atoms with Gasteiger partial charge >= 0.3 is 0 Å². The number of hydrogen-bond acceptors (Lipinski definition) is 3. The van der Waals surface area contributed by atoms with Gasteiger partial charge in [-0.15, -0.1) is 0 Å². The lowest BCUT2D eigenvalue weighted by Crippen LogP contribution is -2.23. The van der Waals surface area contributed by atoms with Crippen LogP contribution in [0.4, 0.5) is 5.69 Å². The summed E-state index contributed by atoms with van der Waals surface area (Å²) in [4.78, 5) is 17.5. The van der Waals surface area contributed by atoms with Crippen LogP contribution in [0.2, 0.25) is 0 Å². The highest BCUT2D eigenvalue weighted by Crippen LogP contribution is 2.51. The maximum atomic E-state index is 11.9.